The van der Waals surface area contributed by atoms with Crippen LogP contribution in [0.5, 0.6) is 0 Å². The van der Waals surface area contributed by atoms with Crippen LogP contribution in [0.15, 0.2) is 18.7 Å². The molecular formula is C11H21N3O. The maximum absolute atomic E-state index is 8.67. The first-order valence-corrected chi connectivity index (χ1v) is 5.63. The summed E-state index contributed by atoms with van der Waals surface area (Å²) in [5, 5.41) is 12.1. The zero-order valence-electron chi connectivity index (χ0n) is 9.39. The van der Waals surface area contributed by atoms with E-state index in [9.17, 15) is 0 Å². The summed E-state index contributed by atoms with van der Waals surface area (Å²) in [6.07, 6.45) is 8.67. The fourth-order valence-corrected chi connectivity index (χ4v) is 1.53. The topological polar surface area (TPSA) is 50.1 Å². The Bertz CT molecular complexity index is 236. The predicted octanol–water partition coefficient (Wildman–Crippen LogP) is 1.02. The van der Waals surface area contributed by atoms with E-state index in [-0.39, 0.29) is 0 Å². The quantitative estimate of drug-likeness (QED) is 0.631. The SMILES string of the molecule is CC(CCCO)NCCCn1ccnc1. The van der Waals surface area contributed by atoms with Gasteiger partial charge in [0.25, 0.3) is 0 Å². The smallest absolute Gasteiger partial charge is 0.0945 e. The second-order valence-corrected chi connectivity index (χ2v) is 3.88. The number of aryl methyl sites for hydroxylation is 1. The van der Waals surface area contributed by atoms with E-state index in [2.05, 4.69) is 21.8 Å². The van der Waals surface area contributed by atoms with Crippen molar-refractivity contribution in [3.8, 4) is 0 Å². The van der Waals surface area contributed by atoms with E-state index in [4.69, 9.17) is 5.11 Å². The molecular weight excluding hydrogens is 190 g/mol. The minimum Gasteiger partial charge on any atom is -0.396 e. The summed E-state index contributed by atoms with van der Waals surface area (Å²) in [6, 6.07) is 0.500. The molecule has 0 fully saturated rings. The van der Waals surface area contributed by atoms with Gasteiger partial charge in [-0.2, -0.15) is 0 Å². The second kappa shape index (κ2) is 7.43. The first-order valence-electron chi connectivity index (χ1n) is 5.63. The Hall–Kier alpha value is -0.870. The van der Waals surface area contributed by atoms with Crippen LogP contribution in [0.4, 0.5) is 0 Å². The lowest BCUT2D eigenvalue weighted by molar-refractivity contribution is 0.276. The third-order valence-electron chi connectivity index (χ3n) is 2.44. The van der Waals surface area contributed by atoms with Gasteiger partial charge in [-0.3, -0.25) is 0 Å². The molecule has 4 heteroatoms. The highest BCUT2D eigenvalue weighted by Crippen LogP contribution is 1.96. The van der Waals surface area contributed by atoms with Gasteiger partial charge >= 0.3 is 0 Å². The van der Waals surface area contributed by atoms with Crippen LogP contribution in [0, 0.1) is 0 Å². The van der Waals surface area contributed by atoms with Gasteiger partial charge in [0, 0.05) is 31.6 Å². The number of rotatable bonds is 8. The van der Waals surface area contributed by atoms with Crippen LogP contribution in [0.1, 0.15) is 26.2 Å². The monoisotopic (exact) mass is 211 g/mol. The molecule has 0 aromatic carbocycles. The third-order valence-corrected chi connectivity index (χ3v) is 2.44. The molecule has 0 aliphatic heterocycles. The molecule has 86 valence electrons. The normalized spacial score (nSPS) is 12.9. The number of imidazole rings is 1. The molecule has 0 aliphatic carbocycles. The van der Waals surface area contributed by atoms with Gasteiger partial charge in [0.05, 0.1) is 6.33 Å². The highest BCUT2D eigenvalue weighted by Gasteiger charge is 1.99. The summed E-state index contributed by atoms with van der Waals surface area (Å²) in [5.41, 5.74) is 0. The van der Waals surface area contributed by atoms with Crippen LogP contribution < -0.4 is 5.32 Å². The van der Waals surface area contributed by atoms with Gasteiger partial charge in [0.15, 0.2) is 0 Å². The van der Waals surface area contributed by atoms with Crippen molar-refractivity contribution < 1.29 is 5.11 Å². The van der Waals surface area contributed by atoms with Gasteiger partial charge in [0.1, 0.15) is 0 Å². The minimum absolute atomic E-state index is 0.293. The fraction of sp³-hybridized carbons (Fsp3) is 0.727. The van der Waals surface area contributed by atoms with Crippen molar-refractivity contribution in [3.63, 3.8) is 0 Å². The van der Waals surface area contributed by atoms with Crippen LogP contribution >= 0.6 is 0 Å². The lowest BCUT2D eigenvalue weighted by atomic mass is 10.2. The molecule has 1 rings (SSSR count). The van der Waals surface area contributed by atoms with Crippen molar-refractivity contribution >= 4 is 0 Å². The van der Waals surface area contributed by atoms with Crippen molar-refractivity contribution in [1.82, 2.24) is 14.9 Å². The number of aromatic nitrogens is 2. The van der Waals surface area contributed by atoms with Gasteiger partial charge in [0.2, 0.25) is 0 Å². The van der Waals surface area contributed by atoms with Gasteiger partial charge < -0.3 is 15.0 Å². The van der Waals surface area contributed by atoms with Crippen LogP contribution in [0.25, 0.3) is 0 Å². The lowest BCUT2D eigenvalue weighted by Gasteiger charge is -2.12. The van der Waals surface area contributed by atoms with Crippen molar-refractivity contribution in [2.75, 3.05) is 13.2 Å². The number of hydrogen-bond acceptors (Lipinski definition) is 3. The van der Waals surface area contributed by atoms with Gasteiger partial charge in [-0.25, -0.2) is 4.98 Å². The first kappa shape index (κ1) is 12.2. The molecule has 2 N–H and O–H groups in total. The summed E-state index contributed by atoms with van der Waals surface area (Å²) >= 11 is 0. The minimum atomic E-state index is 0.293. The van der Waals surface area contributed by atoms with E-state index < -0.39 is 0 Å². The van der Waals surface area contributed by atoms with Gasteiger partial charge in [-0.1, -0.05) is 0 Å². The molecule has 0 saturated heterocycles. The lowest BCUT2D eigenvalue weighted by Crippen LogP contribution is -2.27. The van der Waals surface area contributed by atoms with Crippen LogP contribution in [-0.4, -0.2) is 33.9 Å². The maximum Gasteiger partial charge on any atom is 0.0945 e. The number of hydrogen-bond donors (Lipinski definition) is 2. The Balaban J connectivity index is 1.97. The zero-order chi connectivity index (χ0) is 10.9. The first-order chi connectivity index (χ1) is 7.33. The number of aliphatic hydroxyl groups excluding tert-OH is 1. The third kappa shape index (κ3) is 5.54. The van der Waals surface area contributed by atoms with Gasteiger partial charge in [-0.15, -0.1) is 0 Å². The second-order valence-electron chi connectivity index (χ2n) is 3.88. The Kier molecular flexibility index (Phi) is 6.04. The Morgan fingerprint density at radius 3 is 3.00 bits per heavy atom. The summed E-state index contributed by atoms with van der Waals surface area (Å²) in [5.74, 6) is 0. The van der Waals surface area contributed by atoms with Crippen LogP contribution in [0.3, 0.4) is 0 Å². The maximum atomic E-state index is 8.67. The fourth-order valence-electron chi connectivity index (χ4n) is 1.53. The van der Waals surface area contributed by atoms with Crippen molar-refractivity contribution in [3.05, 3.63) is 18.7 Å². The predicted molar refractivity (Wildman–Crippen MR) is 60.6 cm³/mol. The van der Waals surface area contributed by atoms with E-state index in [1.165, 1.54) is 0 Å². The Morgan fingerprint density at radius 1 is 1.47 bits per heavy atom. The Morgan fingerprint density at radius 2 is 2.33 bits per heavy atom. The molecule has 15 heavy (non-hydrogen) atoms. The van der Waals surface area contributed by atoms with E-state index in [1.807, 2.05) is 12.5 Å². The molecule has 0 radical (unpaired) electrons. The number of nitrogens with one attached hydrogen (secondary N) is 1. The van der Waals surface area contributed by atoms with Crippen molar-refractivity contribution in [1.29, 1.82) is 0 Å². The van der Waals surface area contributed by atoms with Gasteiger partial charge in [-0.05, 0) is 32.7 Å². The summed E-state index contributed by atoms with van der Waals surface area (Å²) in [4.78, 5) is 3.99. The molecule has 0 spiro atoms. The molecule has 0 bridgehead atoms. The average molecular weight is 211 g/mol. The number of nitrogens with zero attached hydrogens (tertiary/aromatic N) is 2. The number of aliphatic hydroxyl groups is 1. The molecule has 1 aromatic heterocycles. The van der Waals surface area contributed by atoms with E-state index >= 15 is 0 Å². The largest absolute Gasteiger partial charge is 0.396 e. The van der Waals surface area contributed by atoms with E-state index in [0.29, 0.717) is 12.6 Å². The molecule has 0 saturated carbocycles. The molecule has 0 amide bonds. The molecule has 1 atom stereocenters. The highest BCUT2D eigenvalue weighted by molar-refractivity contribution is 4.74. The molecule has 0 aliphatic rings. The van der Waals surface area contributed by atoms with Crippen LogP contribution in [0.2, 0.25) is 0 Å². The van der Waals surface area contributed by atoms with Crippen molar-refractivity contribution in [2.45, 2.75) is 38.8 Å². The summed E-state index contributed by atoms with van der Waals surface area (Å²) in [6.45, 7) is 4.48. The highest BCUT2D eigenvalue weighted by atomic mass is 16.2. The van der Waals surface area contributed by atoms with Crippen molar-refractivity contribution in [2.24, 2.45) is 0 Å². The summed E-state index contributed by atoms with van der Waals surface area (Å²) in [7, 11) is 0. The van der Waals surface area contributed by atoms with E-state index in [1.54, 1.807) is 6.20 Å². The Labute approximate surface area is 91.3 Å². The molecule has 4 nitrogen and oxygen atoms in total. The standard InChI is InChI=1S/C11H21N3O/c1-11(4-2-9-15)13-5-3-7-14-8-6-12-10-14/h6,8,10-11,13,15H,2-5,7,9H2,1H3. The van der Waals surface area contributed by atoms with Crippen LogP contribution in [-0.2, 0) is 6.54 Å². The van der Waals surface area contributed by atoms with E-state index in [0.717, 1.165) is 32.4 Å². The zero-order valence-corrected chi connectivity index (χ0v) is 9.39. The molecule has 1 heterocycles. The molecule has 1 aromatic rings. The average Bonchev–Trinajstić information content (AvgIpc) is 2.74. The summed E-state index contributed by atoms with van der Waals surface area (Å²) < 4.78 is 2.08. The molecule has 1 unspecified atom stereocenters.